The van der Waals surface area contributed by atoms with Crippen LogP contribution < -0.4 is 5.32 Å². The van der Waals surface area contributed by atoms with Crippen LogP contribution in [0.5, 0.6) is 0 Å². The quantitative estimate of drug-likeness (QED) is 0.812. The second-order valence-corrected chi connectivity index (χ2v) is 7.01. The normalized spacial score (nSPS) is 18.1. The molecule has 2 rings (SSSR count). The highest BCUT2D eigenvalue weighted by Gasteiger charge is 2.21. The molecule has 4 heteroatoms. The molecule has 118 valence electrons. The van der Waals surface area contributed by atoms with E-state index in [1.807, 2.05) is 0 Å². The molecule has 1 fully saturated rings. The molecule has 1 aliphatic heterocycles. The summed E-state index contributed by atoms with van der Waals surface area (Å²) >= 11 is 3.61. The van der Waals surface area contributed by atoms with E-state index in [1.54, 1.807) is 0 Å². The standard InChI is InChI=1S/C17H27BrN2O/c1-14(2)11-16(20-7-9-21-10-8-20)13-19-12-15-5-3-4-6-17(15)18/h3-6,14,16,19H,7-13H2,1-2H3. The lowest BCUT2D eigenvalue weighted by atomic mass is 10.0. The summed E-state index contributed by atoms with van der Waals surface area (Å²) in [6.07, 6.45) is 1.24. The zero-order chi connectivity index (χ0) is 15.1. The molecule has 1 aromatic rings. The SMILES string of the molecule is CC(C)CC(CNCc1ccccc1Br)N1CCOCC1. The number of rotatable bonds is 7. The molecule has 3 nitrogen and oxygen atoms in total. The van der Waals surface area contributed by atoms with Crippen molar-refractivity contribution in [2.24, 2.45) is 5.92 Å². The molecule has 1 aliphatic rings. The van der Waals surface area contributed by atoms with Gasteiger partial charge in [-0.1, -0.05) is 48.0 Å². The highest BCUT2D eigenvalue weighted by molar-refractivity contribution is 9.10. The van der Waals surface area contributed by atoms with Gasteiger partial charge in [0.15, 0.2) is 0 Å². The first kappa shape index (κ1) is 16.9. The Morgan fingerprint density at radius 2 is 1.95 bits per heavy atom. The van der Waals surface area contributed by atoms with E-state index in [0.29, 0.717) is 6.04 Å². The smallest absolute Gasteiger partial charge is 0.0594 e. The lowest BCUT2D eigenvalue weighted by Crippen LogP contribution is -2.48. The Bertz CT molecular complexity index is 419. The summed E-state index contributed by atoms with van der Waals surface area (Å²) in [7, 11) is 0. The summed E-state index contributed by atoms with van der Waals surface area (Å²) < 4.78 is 6.66. The average molecular weight is 355 g/mol. The van der Waals surface area contributed by atoms with Crippen LogP contribution in [0.4, 0.5) is 0 Å². The van der Waals surface area contributed by atoms with Gasteiger partial charge in [-0.3, -0.25) is 4.90 Å². The van der Waals surface area contributed by atoms with Crippen molar-refractivity contribution in [1.82, 2.24) is 10.2 Å². The minimum atomic E-state index is 0.608. The summed E-state index contributed by atoms with van der Waals surface area (Å²) in [6, 6.07) is 9.03. The molecular weight excluding hydrogens is 328 g/mol. The van der Waals surface area contributed by atoms with Gasteiger partial charge in [-0.25, -0.2) is 0 Å². The fraction of sp³-hybridized carbons (Fsp3) is 0.647. The minimum Gasteiger partial charge on any atom is -0.379 e. The molecule has 0 aromatic heterocycles. The molecule has 1 saturated heterocycles. The number of nitrogens with zero attached hydrogens (tertiary/aromatic N) is 1. The van der Waals surface area contributed by atoms with Crippen LogP contribution in [0.3, 0.4) is 0 Å². The summed E-state index contributed by atoms with van der Waals surface area (Å²) in [5.74, 6) is 0.725. The van der Waals surface area contributed by atoms with Gasteiger partial charge in [-0.2, -0.15) is 0 Å². The molecule has 0 spiro atoms. The van der Waals surface area contributed by atoms with Gasteiger partial charge in [0.1, 0.15) is 0 Å². The van der Waals surface area contributed by atoms with Crippen LogP contribution in [0.2, 0.25) is 0 Å². The second kappa shape index (κ2) is 8.89. The maximum Gasteiger partial charge on any atom is 0.0594 e. The van der Waals surface area contributed by atoms with Gasteiger partial charge >= 0.3 is 0 Å². The lowest BCUT2D eigenvalue weighted by Gasteiger charge is -2.35. The van der Waals surface area contributed by atoms with Crippen molar-refractivity contribution in [2.45, 2.75) is 32.9 Å². The molecule has 0 radical (unpaired) electrons. The zero-order valence-corrected chi connectivity index (χ0v) is 14.7. The number of nitrogens with one attached hydrogen (secondary N) is 1. The van der Waals surface area contributed by atoms with Crippen molar-refractivity contribution >= 4 is 15.9 Å². The summed E-state index contributed by atoms with van der Waals surface area (Å²) in [6.45, 7) is 10.4. The molecule has 0 saturated carbocycles. The molecule has 0 bridgehead atoms. The molecule has 1 unspecified atom stereocenters. The van der Waals surface area contributed by atoms with Crippen molar-refractivity contribution in [1.29, 1.82) is 0 Å². The minimum absolute atomic E-state index is 0.608. The van der Waals surface area contributed by atoms with Crippen LogP contribution in [0.15, 0.2) is 28.7 Å². The molecule has 21 heavy (non-hydrogen) atoms. The first-order chi connectivity index (χ1) is 10.2. The topological polar surface area (TPSA) is 24.5 Å². The van der Waals surface area contributed by atoms with Crippen LogP contribution in [0, 0.1) is 5.92 Å². The Labute approximate surface area is 137 Å². The second-order valence-electron chi connectivity index (χ2n) is 6.15. The van der Waals surface area contributed by atoms with Crippen LogP contribution >= 0.6 is 15.9 Å². The third kappa shape index (κ3) is 5.70. The monoisotopic (exact) mass is 354 g/mol. The van der Waals surface area contributed by atoms with E-state index < -0.39 is 0 Å². The van der Waals surface area contributed by atoms with Gasteiger partial charge in [-0.05, 0) is 24.0 Å². The van der Waals surface area contributed by atoms with E-state index in [9.17, 15) is 0 Å². The third-order valence-electron chi connectivity index (χ3n) is 3.96. The van der Waals surface area contributed by atoms with Gasteiger partial charge < -0.3 is 10.1 Å². The molecular formula is C17H27BrN2O. The number of halogens is 1. The molecule has 1 N–H and O–H groups in total. The van der Waals surface area contributed by atoms with Crippen LogP contribution in [0.25, 0.3) is 0 Å². The number of ether oxygens (including phenoxy) is 1. The predicted molar refractivity (Wildman–Crippen MR) is 91.5 cm³/mol. The first-order valence-electron chi connectivity index (χ1n) is 7.92. The van der Waals surface area contributed by atoms with Gasteiger partial charge in [-0.15, -0.1) is 0 Å². The zero-order valence-electron chi connectivity index (χ0n) is 13.1. The predicted octanol–water partition coefficient (Wildman–Crippen LogP) is 3.29. The summed E-state index contributed by atoms with van der Waals surface area (Å²) in [5, 5.41) is 3.63. The number of morpholine rings is 1. The maximum atomic E-state index is 5.48. The van der Waals surface area contributed by atoms with Gasteiger partial charge in [0.25, 0.3) is 0 Å². The van der Waals surface area contributed by atoms with E-state index in [4.69, 9.17) is 4.74 Å². The van der Waals surface area contributed by atoms with Gasteiger partial charge in [0.05, 0.1) is 13.2 Å². The molecule has 0 amide bonds. The van der Waals surface area contributed by atoms with Crippen molar-refractivity contribution < 1.29 is 4.74 Å². The van der Waals surface area contributed by atoms with E-state index >= 15 is 0 Å². The summed E-state index contributed by atoms with van der Waals surface area (Å²) in [5.41, 5.74) is 1.32. The number of hydrogen-bond donors (Lipinski definition) is 1. The fourth-order valence-corrected chi connectivity index (χ4v) is 3.29. The van der Waals surface area contributed by atoms with Gasteiger partial charge in [0.2, 0.25) is 0 Å². The van der Waals surface area contributed by atoms with Crippen molar-refractivity contribution in [3.63, 3.8) is 0 Å². The summed E-state index contributed by atoms with van der Waals surface area (Å²) in [4.78, 5) is 2.58. The highest BCUT2D eigenvalue weighted by atomic mass is 79.9. The Kier molecular flexibility index (Phi) is 7.17. The van der Waals surface area contributed by atoms with E-state index in [0.717, 1.165) is 45.3 Å². The van der Waals surface area contributed by atoms with Gasteiger partial charge in [0, 0.05) is 36.7 Å². The van der Waals surface area contributed by atoms with E-state index in [2.05, 4.69) is 64.3 Å². The highest BCUT2D eigenvalue weighted by Crippen LogP contribution is 2.16. The molecule has 1 atom stereocenters. The number of benzene rings is 1. The maximum absolute atomic E-state index is 5.48. The Morgan fingerprint density at radius 1 is 1.24 bits per heavy atom. The van der Waals surface area contributed by atoms with Crippen LogP contribution in [-0.2, 0) is 11.3 Å². The molecule has 1 aromatic carbocycles. The van der Waals surface area contributed by atoms with Crippen molar-refractivity contribution in [2.75, 3.05) is 32.8 Å². The van der Waals surface area contributed by atoms with E-state index in [1.165, 1.54) is 16.5 Å². The molecule has 1 heterocycles. The third-order valence-corrected chi connectivity index (χ3v) is 4.73. The largest absolute Gasteiger partial charge is 0.379 e. The Balaban J connectivity index is 1.85. The van der Waals surface area contributed by atoms with E-state index in [-0.39, 0.29) is 0 Å². The average Bonchev–Trinajstić information content (AvgIpc) is 2.49. The fourth-order valence-electron chi connectivity index (χ4n) is 2.86. The van der Waals surface area contributed by atoms with Crippen LogP contribution in [0.1, 0.15) is 25.8 Å². The van der Waals surface area contributed by atoms with Crippen molar-refractivity contribution in [3.8, 4) is 0 Å². The Morgan fingerprint density at radius 3 is 2.62 bits per heavy atom. The van der Waals surface area contributed by atoms with Crippen molar-refractivity contribution in [3.05, 3.63) is 34.3 Å². The lowest BCUT2D eigenvalue weighted by molar-refractivity contribution is 0.0123. The Hall–Kier alpha value is -0.420. The van der Waals surface area contributed by atoms with Crippen LogP contribution in [-0.4, -0.2) is 43.8 Å². The molecule has 0 aliphatic carbocycles. The number of hydrogen-bond acceptors (Lipinski definition) is 3. The first-order valence-corrected chi connectivity index (χ1v) is 8.72.